The van der Waals surface area contributed by atoms with Crippen molar-refractivity contribution >= 4 is 23.4 Å². The van der Waals surface area contributed by atoms with Crippen LogP contribution in [0.2, 0.25) is 0 Å². The molecule has 1 saturated carbocycles. The quantitative estimate of drug-likeness (QED) is 0.439. The first-order valence-electron chi connectivity index (χ1n) is 9.40. The molecule has 1 amide bonds. The maximum Gasteiger partial charge on any atom is 0.277 e. The lowest BCUT2D eigenvalue weighted by Gasteiger charge is -2.35. The van der Waals surface area contributed by atoms with Crippen molar-refractivity contribution in [1.29, 1.82) is 0 Å². The Morgan fingerprint density at radius 2 is 2.14 bits per heavy atom. The van der Waals surface area contributed by atoms with Crippen LogP contribution in [-0.2, 0) is 4.79 Å². The predicted molar refractivity (Wildman–Crippen MR) is 106 cm³/mol. The average Bonchev–Trinajstić information content (AvgIpc) is 3.14. The summed E-state index contributed by atoms with van der Waals surface area (Å²) in [4.78, 5) is 23.0. The van der Waals surface area contributed by atoms with Crippen LogP contribution in [0.5, 0.6) is 0 Å². The molecule has 28 heavy (non-hydrogen) atoms. The fourth-order valence-corrected chi connectivity index (χ4v) is 4.11. The minimum atomic E-state index is -0.477. The first-order valence-corrected chi connectivity index (χ1v) is 10.3. The minimum absolute atomic E-state index is 0.0477. The van der Waals surface area contributed by atoms with Crippen LogP contribution in [0.15, 0.2) is 33.9 Å². The van der Waals surface area contributed by atoms with Gasteiger partial charge in [-0.3, -0.25) is 14.9 Å². The van der Waals surface area contributed by atoms with Gasteiger partial charge >= 0.3 is 0 Å². The maximum absolute atomic E-state index is 12.6. The lowest BCUT2D eigenvalue weighted by atomic mass is 9.78. The Labute approximate surface area is 167 Å². The van der Waals surface area contributed by atoms with Crippen LogP contribution in [0, 0.1) is 22.0 Å². The number of nitro groups is 1. The van der Waals surface area contributed by atoms with Crippen LogP contribution in [0.1, 0.15) is 40.0 Å². The van der Waals surface area contributed by atoms with Gasteiger partial charge < -0.3 is 9.73 Å². The third kappa shape index (κ3) is 4.70. The van der Waals surface area contributed by atoms with E-state index < -0.39 is 4.92 Å². The standard InChI is InChI=1S/C19H24N4O4S/c1-11-6-4-9-16(12(11)2)20-17(24)13(3)28-19-22-21-18(27-19)14-7-5-8-15(10-14)23(25)26/h5,7-8,10-13,16H,4,6,9H2,1-3H3,(H,20,24)/t11-,12-,13-,16-/m1/s1. The molecule has 150 valence electrons. The van der Waals surface area contributed by atoms with E-state index in [1.54, 1.807) is 19.1 Å². The number of benzene rings is 1. The Morgan fingerprint density at radius 1 is 1.36 bits per heavy atom. The first kappa shape index (κ1) is 20.3. The number of hydrogen-bond acceptors (Lipinski definition) is 7. The Kier molecular flexibility index (Phi) is 6.33. The van der Waals surface area contributed by atoms with E-state index >= 15 is 0 Å². The zero-order valence-electron chi connectivity index (χ0n) is 16.1. The van der Waals surface area contributed by atoms with Crippen molar-refractivity contribution in [2.24, 2.45) is 11.8 Å². The van der Waals surface area contributed by atoms with E-state index in [4.69, 9.17) is 4.42 Å². The van der Waals surface area contributed by atoms with Crippen molar-refractivity contribution in [1.82, 2.24) is 15.5 Å². The maximum atomic E-state index is 12.6. The second kappa shape index (κ2) is 8.72. The van der Waals surface area contributed by atoms with Gasteiger partial charge in [0.2, 0.25) is 11.8 Å². The summed E-state index contributed by atoms with van der Waals surface area (Å²) in [6.45, 7) is 6.22. The second-order valence-corrected chi connectivity index (χ2v) is 8.62. The molecular formula is C19H24N4O4S. The third-order valence-corrected chi connectivity index (χ3v) is 6.33. The Morgan fingerprint density at radius 3 is 2.89 bits per heavy atom. The summed E-state index contributed by atoms with van der Waals surface area (Å²) in [6, 6.07) is 6.20. The summed E-state index contributed by atoms with van der Waals surface area (Å²) < 4.78 is 5.59. The number of rotatable bonds is 6. The Bertz CT molecular complexity index is 856. The minimum Gasteiger partial charge on any atom is -0.411 e. The number of aromatic nitrogens is 2. The number of nitro benzene ring substituents is 1. The van der Waals surface area contributed by atoms with Crippen LogP contribution in [-0.4, -0.2) is 32.3 Å². The van der Waals surface area contributed by atoms with Crippen molar-refractivity contribution in [3.63, 3.8) is 0 Å². The van der Waals surface area contributed by atoms with Crippen LogP contribution in [0.25, 0.3) is 11.5 Å². The Hall–Kier alpha value is -2.42. The zero-order valence-corrected chi connectivity index (χ0v) is 16.9. The molecule has 4 atom stereocenters. The van der Waals surface area contributed by atoms with Crippen LogP contribution >= 0.6 is 11.8 Å². The highest BCUT2D eigenvalue weighted by Crippen LogP contribution is 2.31. The molecule has 2 aromatic rings. The van der Waals surface area contributed by atoms with Crippen molar-refractivity contribution in [2.45, 2.75) is 56.5 Å². The highest BCUT2D eigenvalue weighted by Gasteiger charge is 2.30. The molecule has 0 unspecified atom stereocenters. The summed E-state index contributed by atoms with van der Waals surface area (Å²) in [5.74, 6) is 1.20. The summed E-state index contributed by atoms with van der Waals surface area (Å²) in [5.41, 5.74) is 0.421. The smallest absolute Gasteiger partial charge is 0.277 e. The van der Waals surface area contributed by atoms with Crippen molar-refractivity contribution in [2.75, 3.05) is 0 Å². The first-order chi connectivity index (χ1) is 13.3. The molecule has 1 aliphatic carbocycles. The lowest BCUT2D eigenvalue weighted by molar-refractivity contribution is -0.384. The fourth-order valence-electron chi connectivity index (χ4n) is 3.42. The zero-order chi connectivity index (χ0) is 20.3. The van der Waals surface area contributed by atoms with E-state index in [0.29, 0.717) is 17.4 Å². The molecular weight excluding hydrogens is 380 g/mol. The van der Waals surface area contributed by atoms with E-state index in [9.17, 15) is 14.9 Å². The van der Waals surface area contributed by atoms with Crippen LogP contribution < -0.4 is 5.32 Å². The second-order valence-electron chi connectivity index (χ2n) is 7.32. The third-order valence-electron chi connectivity index (χ3n) is 5.39. The van der Waals surface area contributed by atoms with Gasteiger partial charge in [0, 0.05) is 23.7 Å². The van der Waals surface area contributed by atoms with Gasteiger partial charge in [0.25, 0.3) is 10.9 Å². The molecule has 1 aromatic heterocycles. The van der Waals surface area contributed by atoms with E-state index in [2.05, 4.69) is 29.4 Å². The summed E-state index contributed by atoms with van der Waals surface area (Å²) in [5, 5.41) is 21.8. The highest BCUT2D eigenvalue weighted by molar-refractivity contribution is 8.00. The van der Waals surface area contributed by atoms with Gasteiger partial charge in [0.15, 0.2) is 0 Å². The molecule has 0 saturated heterocycles. The largest absolute Gasteiger partial charge is 0.411 e. The summed E-state index contributed by atoms with van der Waals surface area (Å²) >= 11 is 1.18. The predicted octanol–water partition coefficient (Wildman–Crippen LogP) is 4.07. The summed E-state index contributed by atoms with van der Waals surface area (Å²) in [7, 11) is 0. The monoisotopic (exact) mass is 404 g/mol. The molecule has 1 heterocycles. The molecule has 1 aliphatic rings. The molecule has 1 aromatic carbocycles. The SMILES string of the molecule is C[C@@H]1[C@H](C)CCC[C@H]1NC(=O)[C@@H](C)Sc1nnc(-c2cccc([N+](=O)[O-])c2)o1. The van der Waals surface area contributed by atoms with E-state index in [0.717, 1.165) is 12.8 Å². The Balaban J connectivity index is 1.62. The highest BCUT2D eigenvalue weighted by atomic mass is 32.2. The number of hydrogen-bond donors (Lipinski definition) is 1. The molecule has 3 rings (SSSR count). The van der Waals surface area contributed by atoms with Crippen LogP contribution in [0.4, 0.5) is 5.69 Å². The number of non-ortho nitro benzene ring substituents is 1. The van der Waals surface area contributed by atoms with Gasteiger partial charge in [-0.2, -0.15) is 0 Å². The van der Waals surface area contributed by atoms with Gasteiger partial charge in [-0.05, 0) is 31.2 Å². The lowest BCUT2D eigenvalue weighted by Crippen LogP contribution is -2.46. The number of nitrogens with one attached hydrogen (secondary N) is 1. The van der Waals surface area contributed by atoms with Gasteiger partial charge in [0.05, 0.1) is 10.2 Å². The average molecular weight is 404 g/mol. The number of nitrogens with zero attached hydrogens (tertiary/aromatic N) is 3. The number of carbonyl (C=O) groups is 1. The molecule has 1 N–H and O–H groups in total. The van der Waals surface area contributed by atoms with Crippen molar-refractivity contribution in [3.8, 4) is 11.5 Å². The van der Waals surface area contributed by atoms with Crippen molar-refractivity contribution < 1.29 is 14.1 Å². The number of thioether (sulfide) groups is 1. The van der Waals surface area contributed by atoms with E-state index in [1.165, 1.54) is 30.3 Å². The van der Waals surface area contributed by atoms with E-state index in [1.807, 2.05) is 0 Å². The molecule has 8 nitrogen and oxygen atoms in total. The topological polar surface area (TPSA) is 111 Å². The molecule has 0 spiro atoms. The van der Waals surface area contributed by atoms with Crippen molar-refractivity contribution in [3.05, 3.63) is 34.4 Å². The molecule has 0 radical (unpaired) electrons. The molecule has 0 bridgehead atoms. The van der Waals surface area contributed by atoms with Gasteiger partial charge in [0.1, 0.15) is 0 Å². The normalized spacial score (nSPS) is 23.2. The van der Waals surface area contributed by atoms with E-state index in [-0.39, 0.29) is 34.0 Å². The number of carbonyl (C=O) groups excluding carboxylic acids is 1. The van der Waals surface area contributed by atoms with Gasteiger partial charge in [-0.15, -0.1) is 10.2 Å². The molecule has 9 heteroatoms. The molecule has 1 fully saturated rings. The number of amides is 1. The fraction of sp³-hybridized carbons (Fsp3) is 0.526. The van der Waals surface area contributed by atoms with Gasteiger partial charge in [-0.25, -0.2) is 0 Å². The van der Waals surface area contributed by atoms with Crippen LogP contribution in [0.3, 0.4) is 0 Å². The molecule has 0 aliphatic heterocycles. The summed E-state index contributed by atoms with van der Waals surface area (Å²) in [6.07, 6.45) is 3.35. The van der Waals surface area contributed by atoms with Gasteiger partial charge in [-0.1, -0.05) is 44.5 Å².